The molecule has 27 heavy (non-hydrogen) atoms. The van der Waals surface area contributed by atoms with E-state index in [1.54, 1.807) is 12.1 Å². The van der Waals surface area contributed by atoms with Gasteiger partial charge in [-0.1, -0.05) is 47.1 Å². The minimum atomic E-state index is -0.259. The lowest BCUT2D eigenvalue weighted by Crippen LogP contribution is -2.29. The van der Waals surface area contributed by atoms with Crippen LogP contribution in [0.3, 0.4) is 0 Å². The van der Waals surface area contributed by atoms with E-state index < -0.39 is 0 Å². The molecule has 1 amide bonds. The molecule has 1 atom stereocenters. The number of benzene rings is 2. The van der Waals surface area contributed by atoms with Gasteiger partial charge in [-0.3, -0.25) is 4.79 Å². The van der Waals surface area contributed by atoms with Gasteiger partial charge in [0.25, 0.3) is 5.91 Å². The lowest BCUT2D eigenvalue weighted by atomic mass is 10.1. The summed E-state index contributed by atoms with van der Waals surface area (Å²) >= 11 is 6.20. The van der Waals surface area contributed by atoms with Gasteiger partial charge < -0.3 is 19.6 Å². The van der Waals surface area contributed by atoms with Crippen LogP contribution in [-0.2, 0) is 9.63 Å². The van der Waals surface area contributed by atoms with Crippen LogP contribution >= 0.6 is 11.6 Å². The summed E-state index contributed by atoms with van der Waals surface area (Å²) in [6.07, 6.45) is 1.46. The van der Waals surface area contributed by atoms with Crippen LogP contribution in [0.2, 0.25) is 5.02 Å². The van der Waals surface area contributed by atoms with Crippen LogP contribution in [-0.4, -0.2) is 32.4 Å². The zero-order valence-electron chi connectivity index (χ0n) is 15.6. The molecule has 0 aromatic heterocycles. The molecule has 7 heteroatoms. The van der Waals surface area contributed by atoms with Crippen molar-refractivity contribution in [2.75, 3.05) is 20.3 Å². The molecule has 144 valence electrons. The van der Waals surface area contributed by atoms with E-state index in [-0.39, 0.29) is 18.6 Å². The van der Waals surface area contributed by atoms with E-state index in [0.29, 0.717) is 28.7 Å². The molecule has 2 rings (SSSR count). The second-order valence-electron chi connectivity index (χ2n) is 5.67. The van der Waals surface area contributed by atoms with Crippen LogP contribution in [0.5, 0.6) is 11.5 Å². The first-order valence-corrected chi connectivity index (χ1v) is 8.93. The molecule has 2 aromatic rings. The van der Waals surface area contributed by atoms with Gasteiger partial charge in [-0.2, -0.15) is 0 Å². The first kappa shape index (κ1) is 20.6. The number of amides is 1. The van der Waals surface area contributed by atoms with Gasteiger partial charge in [0.2, 0.25) is 0 Å². The first-order chi connectivity index (χ1) is 13.0. The van der Waals surface area contributed by atoms with Crippen molar-refractivity contribution in [3.8, 4) is 11.5 Å². The van der Waals surface area contributed by atoms with E-state index in [1.807, 2.05) is 44.2 Å². The second kappa shape index (κ2) is 10.4. The number of rotatable bonds is 9. The zero-order chi connectivity index (χ0) is 19.6. The predicted molar refractivity (Wildman–Crippen MR) is 106 cm³/mol. The molecule has 0 aliphatic rings. The maximum atomic E-state index is 11.9. The van der Waals surface area contributed by atoms with Crippen molar-refractivity contribution in [2.24, 2.45) is 5.16 Å². The molecule has 6 nitrogen and oxygen atoms in total. The summed E-state index contributed by atoms with van der Waals surface area (Å²) in [6, 6.07) is 13.0. The molecule has 0 aliphatic carbocycles. The quantitative estimate of drug-likeness (QED) is 0.519. The molecule has 0 unspecified atom stereocenters. The Morgan fingerprint density at radius 3 is 2.70 bits per heavy atom. The molecule has 0 saturated carbocycles. The number of carbonyl (C=O) groups is 1. The maximum absolute atomic E-state index is 11.9. The third-order valence-electron chi connectivity index (χ3n) is 3.69. The topological polar surface area (TPSA) is 69.2 Å². The maximum Gasteiger partial charge on any atom is 0.261 e. The minimum Gasteiger partial charge on any atom is -0.493 e. The molecule has 1 N–H and O–H groups in total. The van der Waals surface area contributed by atoms with Crippen LogP contribution in [0.15, 0.2) is 47.6 Å². The fourth-order valence-electron chi connectivity index (χ4n) is 2.40. The molecule has 0 radical (unpaired) electrons. The van der Waals surface area contributed by atoms with Crippen LogP contribution < -0.4 is 14.8 Å². The van der Waals surface area contributed by atoms with Crippen molar-refractivity contribution >= 4 is 23.7 Å². The van der Waals surface area contributed by atoms with Crippen molar-refractivity contribution in [3.05, 3.63) is 58.6 Å². The highest BCUT2D eigenvalue weighted by molar-refractivity contribution is 6.32. The fraction of sp³-hybridized carbons (Fsp3) is 0.300. The number of nitrogens with one attached hydrogen (secondary N) is 1. The number of hydrogen-bond donors (Lipinski definition) is 1. The average Bonchev–Trinajstić information content (AvgIpc) is 2.67. The Hall–Kier alpha value is -2.73. The third kappa shape index (κ3) is 6.18. The highest BCUT2D eigenvalue weighted by Crippen LogP contribution is 2.35. The van der Waals surface area contributed by atoms with Gasteiger partial charge in [0.15, 0.2) is 18.1 Å². The Morgan fingerprint density at radius 1 is 1.30 bits per heavy atom. The van der Waals surface area contributed by atoms with Gasteiger partial charge in [-0.25, -0.2) is 0 Å². The predicted octanol–water partition coefficient (Wildman–Crippen LogP) is 3.98. The van der Waals surface area contributed by atoms with Gasteiger partial charge in [-0.15, -0.1) is 0 Å². The van der Waals surface area contributed by atoms with E-state index in [4.69, 9.17) is 25.9 Å². The third-order valence-corrected chi connectivity index (χ3v) is 3.97. The highest BCUT2D eigenvalue weighted by atomic mass is 35.5. The number of ether oxygens (including phenoxy) is 2. The number of nitrogens with zero attached hydrogens (tertiary/aromatic N) is 1. The van der Waals surface area contributed by atoms with Crippen molar-refractivity contribution in [1.82, 2.24) is 5.32 Å². The molecule has 0 spiro atoms. The summed E-state index contributed by atoms with van der Waals surface area (Å²) in [7, 11) is 1.53. The lowest BCUT2D eigenvalue weighted by Gasteiger charge is -2.13. The van der Waals surface area contributed by atoms with Crippen LogP contribution in [0.25, 0.3) is 0 Å². The van der Waals surface area contributed by atoms with Crippen LogP contribution in [0.4, 0.5) is 0 Å². The van der Waals surface area contributed by atoms with E-state index >= 15 is 0 Å². The SMILES string of the molecule is CCOc1c(Cl)cc(/C=N\OCC(=O)N[C@@H](C)c2ccccc2)cc1OC. The molecule has 0 bridgehead atoms. The van der Waals surface area contributed by atoms with E-state index in [1.165, 1.54) is 13.3 Å². The Morgan fingerprint density at radius 2 is 2.04 bits per heavy atom. The largest absolute Gasteiger partial charge is 0.493 e. The molecule has 2 aromatic carbocycles. The summed E-state index contributed by atoms with van der Waals surface area (Å²) in [5.41, 5.74) is 1.68. The molecule has 0 aliphatic heterocycles. The molecular formula is C20H23ClN2O4. The monoisotopic (exact) mass is 390 g/mol. The molecule has 0 fully saturated rings. The van der Waals surface area contributed by atoms with Crippen molar-refractivity contribution in [2.45, 2.75) is 19.9 Å². The van der Waals surface area contributed by atoms with Crippen LogP contribution in [0.1, 0.15) is 31.0 Å². The average molecular weight is 391 g/mol. The van der Waals surface area contributed by atoms with Gasteiger partial charge in [-0.05, 0) is 31.5 Å². The van der Waals surface area contributed by atoms with E-state index in [0.717, 1.165) is 5.56 Å². The summed E-state index contributed by atoms with van der Waals surface area (Å²) in [5.74, 6) is 0.722. The summed E-state index contributed by atoms with van der Waals surface area (Å²) < 4.78 is 10.7. The Balaban J connectivity index is 1.88. The smallest absolute Gasteiger partial charge is 0.261 e. The van der Waals surface area contributed by atoms with E-state index in [9.17, 15) is 4.79 Å². The summed E-state index contributed by atoms with van der Waals surface area (Å²) in [6.45, 7) is 4.06. The van der Waals surface area contributed by atoms with Crippen molar-refractivity contribution in [3.63, 3.8) is 0 Å². The second-order valence-corrected chi connectivity index (χ2v) is 6.08. The number of hydrogen-bond acceptors (Lipinski definition) is 5. The van der Waals surface area contributed by atoms with Crippen LogP contribution in [0, 0.1) is 0 Å². The van der Waals surface area contributed by atoms with Gasteiger partial charge in [0.1, 0.15) is 0 Å². The van der Waals surface area contributed by atoms with Gasteiger partial charge >= 0.3 is 0 Å². The molecule has 0 heterocycles. The van der Waals surface area contributed by atoms with E-state index in [2.05, 4.69) is 10.5 Å². The number of methoxy groups -OCH3 is 1. The Bertz CT molecular complexity index is 781. The first-order valence-electron chi connectivity index (χ1n) is 8.55. The molecule has 0 saturated heterocycles. The number of oxime groups is 1. The summed E-state index contributed by atoms with van der Waals surface area (Å²) in [4.78, 5) is 17.0. The van der Waals surface area contributed by atoms with Gasteiger partial charge in [0, 0.05) is 5.56 Å². The fourth-order valence-corrected chi connectivity index (χ4v) is 2.67. The zero-order valence-corrected chi connectivity index (χ0v) is 16.3. The Kier molecular flexibility index (Phi) is 7.95. The summed E-state index contributed by atoms with van der Waals surface area (Å²) in [5, 5.41) is 7.07. The number of carbonyl (C=O) groups excluding carboxylic acids is 1. The van der Waals surface area contributed by atoms with Crippen molar-refractivity contribution < 1.29 is 19.1 Å². The highest BCUT2D eigenvalue weighted by Gasteiger charge is 2.11. The normalized spacial score (nSPS) is 11.9. The Labute approximate surface area is 164 Å². The number of halogens is 1. The van der Waals surface area contributed by atoms with Crippen molar-refractivity contribution in [1.29, 1.82) is 0 Å². The standard InChI is InChI=1S/C20H23ClN2O4/c1-4-26-20-17(21)10-15(11-18(20)25-3)12-22-27-13-19(24)23-14(2)16-8-6-5-7-9-16/h5-12,14H,4,13H2,1-3H3,(H,23,24)/b22-12-/t14-/m0/s1. The molecular weight excluding hydrogens is 368 g/mol. The minimum absolute atomic E-state index is 0.111. The lowest BCUT2D eigenvalue weighted by molar-refractivity contribution is -0.126. The van der Waals surface area contributed by atoms with Gasteiger partial charge in [0.05, 0.1) is 31.0 Å².